The van der Waals surface area contributed by atoms with Gasteiger partial charge in [0, 0.05) is 38.3 Å². The summed E-state index contributed by atoms with van der Waals surface area (Å²) in [6, 6.07) is 56.9. The minimum absolute atomic E-state index is 0.0537. The van der Waals surface area contributed by atoms with Gasteiger partial charge >= 0.3 is 0 Å². The van der Waals surface area contributed by atoms with Crippen molar-refractivity contribution < 1.29 is 0 Å². The van der Waals surface area contributed by atoms with Crippen molar-refractivity contribution in [1.29, 1.82) is 0 Å². The molecular formula is C51H44N2. The van der Waals surface area contributed by atoms with Gasteiger partial charge in [-0.3, -0.25) is 0 Å². The van der Waals surface area contributed by atoms with E-state index < -0.39 is 0 Å². The zero-order valence-electron chi connectivity index (χ0n) is 31.4. The molecular weight excluding hydrogens is 641 g/mol. The lowest BCUT2D eigenvalue weighted by atomic mass is 9.71. The molecule has 0 aliphatic heterocycles. The van der Waals surface area contributed by atoms with Crippen LogP contribution in [0.4, 0.5) is 0 Å². The summed E-state index contributed by atoms with van der Waals surface area (Å²) in [5.41, 5.74) is 16.7. The van der Waals surface area contributed by atoms with Gasteiger partial charge in [0.1, 0.15) is 0 Å². The molecule has 7 aromatic carbocycles. The average Bonchev–Trinajstić information content (AvgIpc) is 3.77. The predicted molar refractivity (Wildman–Crippen MR) is 226 cm³/mol. The quantitative estimate of drug-likeness (QED) is 0.175. The lowest BCUT2D eigenvalue weighted by Gasteiger charge is -2.32. The van der Waals surface area contributed by atoms with Gasteiger partial charge in [-0.05, 0) is 123 Å². The summed E-state index contributed by atoms with van der Waals surface area (Å²) in [7, 11) is 0. The lowest BCUT2D eigenvalue weighted by molar-refractivity contribution is 0.415. The number of rotatable bonds is 4. The van der Waals surface area contributed by atoms with E-state index in [0.717, 1.165) is 0 Å². The number of hydrogen-bond acceptors (Lipinski definition) is 0. The van der Waals surface area contributed by atoms with E-state index in [1.54, 1.807) is 0 Å². The SMILES string of the molecule is CC(C)C1(C)c2ccccc2-c2cc3c(cc21)c1cc(-c2ccc4c(c2)c2cc(C(C)(C)C)ccc2n4-c2ccccc2)ccc1n3-c1ccccc1. The van der Waals surface area contributed by atoms with E-state index >= 15 is 0 Å². The molecule has 1 unspecified atom stereocenters. The number of nitrogens with zero attached hydrogens (tertiary/aromatic N) is 2. The van der Waals surface area contributed by atoms with Gasteiger partial charge in [-0.25, -0.2) is 0 Å². The minimum Gasteiger partial charge on any atom is -0.309 e. The second-order valence-corrected chi connectivity index (χ2v) is 16.6. The van der Waals surface area contributed by atoms with Gasteiger partial charge in [-0.15, -0.1) is 0 Å². The van der Waals surface area contributed by atoms with E-state index in [2.05, 4.69) is 202 Å². The van der Waals surface area contributed by atoms with Gasteiger partial charge in [-0.1, -0.05) is 120 Å². The van der Waals surface area contributed by atoms with E-state index in [1.807, 2.05) is 0 Å². The van der Waals surface area contributed by atoms with Crippen molar-refractivity contribution in [2.24, 2.45) is 5.92 Å². The zero-order chi connectivity index (χ0) is 36.2. The summed E-state index contributed by atoms with van der Waals surface area (Å²) in [5, 5.41) is 5.17. The molecule has 0 bridgehead atoms. The van der Waals surface area contributed by atoms with Crippen LogP contribution in [0.5, 0.6) is 0 Å². The molecule has 0 spiro atoms. The Kier molecular flexibility index (Phi) is 6.80. The van der Waals surface area contributed by atoms with E-state index in [-0.39, 0.29) is 10.8 Å². The molecule has 2 heterocycles. The van der Waals surface area contributed by atoms with Crippen LogP contribution in [0, 0.1) is 5.92 Å². The Bertz CT molecular complexity index is 2900. The van der Waals surface area contributed by atoms with Crippen LogP contribution in [0.25, 0.3) is 77.2 Å². The maximum atomic E-state index is 2.53. The Morgan fingerprint density at radius 3 is 1.51 bits per heavy atom. The topological polar surface area (TPSA) is 9.86 Å². The second-order valence-electron chi connectivity index (χ2n) is 16.6. The highest BCUT2D eigenvalue weighted by atomic mass is 15.0. The molecule has 2 aromatic heterocycles. The van der Waals surface area contributed by atoms with Crippen LogP contribution in [0.1, 0.15) is 58.2 Å². The molecule has 0 fully saturated rings. The first-order chi connectivity index (χ1) is 25.6. The third-order valence-corrected chi connectivity index (χ3v) is 12.4. The maximum Gasteiger partial charge on any atom is 0.0547 e. The molecule has 9 aromatic rings. The normalized spacial score (nSPS) is 15.6. The second kappa shape index (κ2) is 11.3. The van der Waals surface area contributed by atoms with Crippen molar-refractivity contribution in [3.8, 4) is 33.6 Å². The van der Waals surface area contributed by atoms with Crippen molar-refractivity contribution in [3.05, 3.63) is 168 Å². The Morgan fingerprint density at radius 2 is 0.943 bits per heavy atom. The number of fused-ring (bicyclic) bond motifs is 9. The van der Waals surface area contributed by atoms with Crippen LogP contribution in [0.3, 0.4) is 0 Å². The fraction of sp³-hybridized carbons (Fsp3) is 0.176. The van der Waals surface area contributed by atoms with Gasteiger partial charge < -0.3 is 9.13 Å². The first-order valence-corrected chi connectivity index (χ1v) is 19.1. The smallest absolute Gasteiger partial charge is 0.0547 e. The van der Waals surface area contributed by atoms with E-state index in [0.29, 0.717) is 5.92 Å². The summed E-state index contributed by atoms with van der Waals surface area (Å²) in [4.78, 5) is 0. The van der Waals surface area contributed by atoms with Crippen LogP contribution in [0.2, 0.25) is 0 Å². The molecule has 258 valence electrons. The van der Waals surface area contributed by atoms with Crippen molar-refractivity contribution in [1.82, 2.24) is 9.13 Å². The Morgan fingerprint density at radius 1 is 0.453 bits per heavy atom. The van der Waals surface area contributed by atoms with E-state index in [4.69, 9.17) is 0 Å². The van der Waals surface area contributed by atoms with Crippen molar-refractivity contribution >= 4 is 43.6 Å². The highest BCUT2D eigenvalue weighted by Crippen LogP contribution is 2.54. The minimum atomic E-state index is -0.0667. The highest BCUT2D eigenvalue weighted by molar-refractivity contribution is 6.14. The molecule has 0 saturated heterocycles. The standard InChI is InChI=1S/C51H44N2/c1-32(2)51(6)44-20-14-13-19-38(44)39-31-49-43(30-45(39)51)41-28-34(22-25-47(41)53(49)37-17-11-8-12-18-37)33-21-24-46-40(27-33)42-29-35(50(3,4)5)23-26-48(42)52(46)36-15-9-7-10-16-36/h7-32H,1-6H3. The summed E-state index contributed by atoms with van der Waals surface area (Å²) >= 11 is 0. The largest absolute Gasteiger partial charge is 0.309 e. The molecule has 1 aliphatic rings. The highest BCUT2D eigenvalue weighted by Gasteiger charge is 2.42. The van der Waals surface area contributed by atoms with Crippen LogP contribution in [-0.2, 0) is 10.8 Å². The van der Waals surface area contributed by atoms with Gasteiger partial charge in [0.25, 0.3) is 0 Å². The van der Waals surface area contributed by atoms with Gasteiger partial charge in [0.15, 0.2) is 0 Å². The predicted octanol–water partition coefficient (Wildman–Crippen LogP) is 13.8. The summed E-state index contributed by atoms with van der Waals surface area (Å²) in [5.74, 6) is 0.448. The molecule has 53 heavy (non-hydrogen) atoms. The van der Waals surface area contributed by atoms with Crippen molar-refractivity contribution in [3.63, 3.8) is 0 Å². The molecule has 10 rings (SSSR count). The number of benzene rings is 7. The maximum absolute atomic E-state index is 2.53. The lowest BCUT2D eigenvalue weighted by Crippen LogP contribution is -2.27. The Labute approximate surface area is 312 Å². The van der Waals surface area contributed by atoms with Crippen LogP contribution in [0.15, 0.2) is 152 Å². The Balaban J connectivity index is 1.24. The van der Waals surface area contributed by atoms with Crippen molar-refractivity contribution in [2.75, 3.05) is 0 Å². The fourth-order valence-corrected chi connectivity index (χ4v) is 9.22. The first-order valence-electron chi connectivity index (χ1n) is 19.1. The van der Waals surface area contributed by atoms with Gasteiger partial charge in [0.05, 0.1) is 22.1 Å². The molecule has 2 heteroatoms. The molecule has 0 N–H and O–H groups in total. The molecule has 0 amide bonds. The molecule has 0 saturated carbocycles. The number of para-hydroxylation sites is 2. The molecule has 0 radical (unpaired) electrons. The van der Waals surface area contributed by atoms with Crippen LogP contribution < -0.4 is 0 Å². The molecule has 2 nitrogen and oxygen atoms in total. The average molecular weight is 685 g/mol. The molecule has 1 aliphatic carbocycles. The van der Waals surface area contributed by atoms with E-state index in [1.165, 1.54) is 93.9 Å². The third kappa shape index (κ3) is 4.58. The van der Waals surface area contributed by atoms with Gasteiger partial charge in [0.2, 0.25) is 0 Å². The zero-order valence-corrected chi connectivity index (χ0v) is 31.4. The number of aromatic nitrogens is 2. The van der Waals surface area contributed by atoms with E-state index in [9.17, 15) is 0 Å². The fourth-order valence-electron chi connectivity index (χ4n) is 9.22. The summed E-state index contributed by atoms with van der Waals surface area (Å²) in [6.45, 7) is 14.1. The Hall–Kier alpha value is -5.86. The van der Waals surface area contributed by atoms with Gasteiger partial charge in [-0.2, -0.15) is 0 Å². The van der Waals surface area contributed by atoms with Crippen LogP contribution >= 0.6 is 0 Å². The summed E-state index contributed by atoms with van der Waals surface area (Å²) in [6.07, 6.45) is 0. The van der Waals surface area contributed by atoms with Crippen molar-refractivity contribution in [2.45, 2.75) is 52.4 Å². The summed E-state index contributed by atoms with van der Waals surface area (Å²) < 4.78 is 4.88. The molecule has 1 atom stereocenters. The number of hydrogen-bond donors (Lipinski definition) is 0. The monoisotopic (exact) mass is 684 g/mol. The first kappa shape index (κ1) is 31.8. The van der Waals surface area contributed by atoms with Crippen LogP contribution in [-0.4, -0.2) is 9.13 Å². The third-order valence-electron chi connectivity index (χ3n) is 12.4.